The number of oxime groups is 1. The standard InChI is InChI=1S/C13H21N3O/c1-3-5-10-16(4-2)12-9-7-6-8-11(12)13(14)15-17/h6-9,17H,3-5,10H2,1-2H3,(H2,14,15). The van der Waals surface area contributed by atoms with Gasteiger partial charge in [0.25, 0.3) is 0 Å². The van der Waals surface area contributed by atoms with Crippen LogP contribution in [-0.4, -0.2) is 24.1 Å². The van der Waals surface area contributed by atoms with Crippen molar-refractivity contribution in [3.63, 3.8) is 0 Å². The molecule has 0 radical (unpaired) electrons. The maximum Gasteiger partial charge on any atom is 0.172 e. The van der Waals surface area contributed by atoms with Crippen LogP contribution in [0.5, 0.6) is 0 Å². The van der Waals surface area contributed by atoms with Crippen molar-refractivity contribution in [3.05, 3.63) is 29.8 Å². The van der Waals surface area contributed by atoms with Gasteiger partial charge in [-0.15, -0.1) is 0 Å². The molecule has 3 N–H and O–H groups in total. The maximum atomic E-state index is 8.79. The number of anilines is 1. The molecule has 1 aromatic carbocycles. The monoisotopic (exact) mass is 235 g/mol. The molecule has 0 saturated heterocycles. The summed E-state index contributed by atoms with van der Waals surface area (Å²) < 4.78 is 0. The van der Waals surface area contributed by atoms with Gasteiger partial charge in [-0.2, -0.15) is 0 Å². The van der Waals surface area contributed by atoms with E-state index < -0.39 is 0 Å². The lowest BCUT2D eigenvalue weighted by molar-refractivity contribution is 0.318. The molecule has 0 aliphatic rings. The van der Waals surface area contributed by atoms with Crippen LogP contribution in [-0.2, 0) is 0 Å². The number of benzene rings is 1. The minimum absolute atomic E-state index is 0.163. The molecule has 1 rings (SSSR count). The lowest BCUT2D eigenvalue weighted by Crippen LogP contribution is -2.27. The molecule has 0 amide bonds. The van der Waals surface area contributed by atoms with Gasteiger partial charge in [0.2, 0.25) is 0 Å². The molecule has 0 aliphatic heterocycles. The zero-order chi connectivity index (χ0) is 12.7. The number of hydrogen-bond acceptors (Lipinski definition) is 3. The van der Waals surface area contributed by atoms with E-state index in [1.165, 1.54) is 0 Å². The molecule has 0 unspecified atom stereocenters. The average molecular weight is 235 g/mol. The number of rotatable bonds is 6. The van der Waals surface area contributed by atoms with Gasteiger partial charge >= 0.3 is 0 Å². The maximum absolute atomic E-state index is 8.79. The van der Waals surface area contributed by atoms with E-state index in [0.29, 0.717) is 0 Å². The quantitative estimate of drug-likeness (QED) is 0.344. The van der Waals surface area contributed by atoms with Crippen LogP contribution >= 0.6 is 0 Å². The normalized spacial score (nSPS) is 11.5. The van der Waals surface area contributed by atoms with Gasteiger partial charge in [0.15, 0.2) is 5.84 Å². The smallest absolute Gasteiger partial charge is 0.172 e. The topological polar surface area (TPSA) is 61.8 Å². The van der Waals surface area contributed by atoms with E-state index in [-0.39, 0.29) is 5.84 Å². The Morgan fingerprint density at radius 2 is 2.06 bits per heavy atom. The third-order valence-electron chi connectivity index (χ3n) is 2.79. The first-order valence-corrected chi connectivity index (χ1v) is 6.06. The number of para-hydroxylation sites is 1. The lowest BCUT2D eigenvalue weighted by atomic mass is 10.1. The summed E-state index contributed by atoms with van der Waals surface area (Å²) in [4.78, 5) is 2.25. The highest BCUT2D eigenvalue weighted by molar-refractivity contribution is 6.02. The van der Waals surface area contributed by atoms with Gasteiger partial charge in [-0.05, 0) is 25.5 Å². The van der Waals surface area contributed by atoms with Crippen molar-refractivity contribution in [1.29, 1.82) is 0 Å². The Balaban J connectivity index is 3.01. The fourth-order valence-electron chi connectivity index (χ4n) is 1.82. The molecule has 0 atom stereocenters. The summed E-state index contributed by atoms with van der Waals surface area (Å²) in [5.74, 6) is 0.163. The molecule has 0 fully saturated rings. The van der Waals surface area contributed by atoms with Crippen molar-refractivity contribution in [2.75, 3.05) is 18.0 Å². The molecule has 0 heterocycles. The first kappa shape index (κ1) is 13.4. The highest BCUT2D eigenvalue weighted by atomic mass is 16.4. The van der Waals surface area contributed by atoms with Crippen LogP contribution in [0.25, 0.3) is 0 Å². The largest absolute Gasteiger partial charge is 0.409 e. The molecule has 0 bridgehead atoms. The van der Waals surface area contributed by atoms with E-state index >= 15 is 0 Å². The Labute approximate surface area is 103 Å². The van der Waals surface area contributed by atoms with Gasteiger partial charge in [0, 0.05) is 24.3 Å². The van der Waals surface area contributed by atoms with E-state index in [2.05, 4.69) is 23.9 Å². The summed E-state index contributed by atoms with van der Waals surface area (Å²) in [6.45, 7) is 6.18. The number of nitrogens with two attached hydrogens (primary N) is 1. The highest BCUT2D eigenvalue weighted by Gasteiger charge is 2.11. The molecule has 1 aromatic rings. The van der Waals surface area contributed by atoms with Gasteiger partial charge in [0.05, 0.1) is 0 Å². The number of amidine groups is 1. The second-order valence-electron chi connectivity index (χ2n) is 3.94. The average Bonchev–Trinajstić information content (AvgIpc) is 2.39. The zero-order valence-electron chi connectivity index (χ0n) is 10.6. The van der Waals surface area contributed by atoms with Gasteiger partial charge in [-0.1, -0.05) is 30.6 Å². The molecule has 0 aromatic heterocycles. The molecule has 0 spiro atoms. The molecular formula is C13H21N3O. The van der Waals surface area contributed by atoms with Crippen molar-refractivity contribution in [2.45, 2.75) is 26.7 Å². The van der Waals surface area contributed by atoms with Crippen molar-refractivity contribution >= 4 is 11.5 Å². The fraction of sp³-hybridized carbons (Fsp3) is 0.462. The Hall–Kier alpha value is -1.71. The van der Waals surface area contributed by atoms with Crippen molar-refractivity contribution < 1.29 is 5.21 Å². The summed E-state index contributed by atoms with van der Waals surface area (Å²) in [7, 11) is 0. The minimum atomic E-state index is 0.163. The third-order valence-corrected chi connectivity index (χ3v) is 2.79. The third kappa shape index (κ3) is 3.37. The molecule has 94 valence electrons. The number of hydrogen-bond donors (Lipinski definition) is 2. The predicted octanol–water partition coefficient (Wildman–Crippen LogP) is 2.41. The Kier molecular flexibility index (Phi) is 5.33. The first-order valence-electron chi connectivity index (χ1n) is 6.06. The summed E-state index contributed by atoms with van der Waals surface area (Å²) in [5, 5.41) is 11.9. The minimum Gasteiger partial charge on any atom is -0.409 e. The van der Waals surface area contributed by atoms with Gasteiger partial charge in [-0.3, -0.25) is 0 Å². The van der Waals surface area contributed by atoms with E-state index in [0.717, 1.165) is 37.2 Å². The first-order chi connectivity index (χ1) is 8.24. The molecule has 0 saturated carbocycles. The van der Waals surface area contributed by atoms with Crippen molar-refractivity contribution in [3.8, 4) is 0 Å². The molecule has 0 aliphatic carbocycles. The fourth-order valence-corrected chi connectivity index (χ4v) is 1.82. The summed E-state index contributed by atoms with van der Waals surface area (Å²) in [5.41, 5.74) is 7.50. The second kappa shape index (κ2) is 6.78. The van der Waals surface area contributed by atoms with E-state index in [1.807, 2.05) is 24.3 Å². The molecule has 4 heteroatoms. The lowest BCUT2D eigenvalue weighted by Gasteiger charge is -2.25. The summed E-state index contributed by atoms with van der Waals surface area (Å²) in [6, 6.07) is 7.74. The molecule has 4 nitrogen and oxygen atoms in total. The predicted molar refractivity (Wildman–Crippen MR) is 71.7 cm³/mol. The molecule has 17 heavy (non-hydrogen) atoms. The van der Waals surface area contributed by atoms with Crippen LogP contribution in [0.15, 0.2) is 29.4 Å². The number of unbranched alkanes of at least 4 members (excludes halogenated alkanes) is 1. The highest BCUT2D eigenvalue weighted by Crippen LogP contribution is 2.20. The van der Waals surface area contributed by atoms with Crippen LogP contribution in [0.1, 0.15) is 32.3 Å². The van der Waals surface area contributed by atoms with Crippen LogP contribution in [0.3, 0.4) is 0 Å². The van der Waals surface area contributed by atoms with Crippen LogP contribution in [0.4, 0.5) is 5.69 Å². The van der Waals surface area contributed by atoms with Crippen molar-refractivity contribution in [2.24, 2.45) is 10.9 Å². The Morgan fingerprint density at radius 3 is 2.65 bits per heavy atom. The Bertz CT molecular complexity index is 377. The van der Waals surface area contributed by atoms with Crippen LogP contribution in [0, 0.1) is 0 Å². The summed E-state index contributed by atoms with van der Waals surface area (Å²) >= 11 is 0. The van der Waals surface area contributed by atoms with Crippen LogP contribution < -0.4 is 10.6 Å². The van der Waals surface area contributed by atoms with Gasteiger partial charge in [0.1, 0.15) is 0 Å². The van der Waals surface area contributed by atoms with E-state index in [9.17, 15) is 0 Å². The molecular weight excluding hydrogens is 214 g/mol. The SMILES string of the molecule is CCCCN(CC)c1ccccc1/C(N)=N/O. The summed E-state index contributed by atoms with van der Waals surface area (Å²) in [6.07, 6.45) is 2.29. The van der Waals surface area contributed by atoms with Gasteiger partial charge in [-0.25, -0.2) is 0 Å². The zero-order valence-corrected chi connectivity index (χ0v) is 10.6. The van der Waals surface area contributed by atoms with E-state index in [4.69, 9.17) is 10.9 Å². The number of nitrogens with zero attached hydrogens (tertiary/aromatic N) is 2. The second-order valence-corrected chi connectivity index (χ2v) is 3.94. The van der Waals surface area contributed by atoms with Gasteiger partial charge < -0.3 is 15.8 Å². The van der Waals surface area contributed by atoms with Crippen molar-refractivity contribution in [1.82, 2.24) is 0 Å². The van der Waals surface area contributed by atoms with Crippen LogP contribution in [0.2, 0.25) is 0 Å². The van der Waals surface area contributed by atoms with E-state index in [1.54, 1.807) is 0 Å². The Morgan fingerprint density at radius 1 is 1.35 bits per heavy atom.